The summed E-state index contributed by atoms with van der Waals surface area (Å²) < 4.78 is 13.2. The number of aromatic nitrogens is 1. The SMILES string of the molecule is COC(C)(C)C(=O)N1CCOC[C@H](Cc2ccc3c(ccn3C)c2)C1. The maximum atomic E-state index is 12.7. The number of hydrogen-bond acceptors (Lipinski definition) is 3. The van der Waals surface area contributed by atoms with E-state index in [4.69, 9.17) is 9.47 Å². The molecule has 1 aromatic heterocycles. The highest BCUT2D eigenvalue weighted by molar-refractivity contribution is 5.84. The summed E-state index contributed by atoms with van der Waals surface area (Å²) in [6, 6.07) is 8.72. The number of nitrogens with zero attached hydrogens (tertiary/aromatic N) is 2. The number of ether oxygens (including phenoxy) is 2. The molecule has 136 valence electrons. The van der Waals surface area contributed by atoms with E-state index in [0.717, 1.165) is 6.42 Å². The molecule has 3 rings (SSSR count). The molecule has 0 bridgehead atoms. The largest absolute Gasteiger partial charge is 0.379 e. The quantitative estimate of drug-likeness (QED) is 0.856. The van der Waals surface area contributed by atoms with Gasteiger partial charge in [0.05, 0.1) is 13.2 Å². The first-order valence-electron chi connectivity index (χ1n) is 8.87. The molecule has 25 heavy (non-hydrogen) atoms. The maximum absolute atomic E-state index is 12.7. The molecule has 2 aromatic rings. The summed E-state index contributed by atoms with van der Waals surface area (Å²) in [6.45, 7) is 6.24. The number of carbonyl (C=O) groups excluding carboxylic acids is 1. The Labute approximate surface area is 149 Å². The number of amides is 1. The van der Waals surface area contributed by atoms with Gasteiger partial charge >= 0.3 is 0 Å². The molecule has 0 saturated carbocycles. The first kappa shape index (κ1) is 18.0. The van der Waals surface area contributed by atoms with Crippen LogP contribution in [0.4, 0.5) is 0 Å². The summed E-state index contributed by atoms with van der Waals surface area (Å²) in [5.41, 5.74) is 1.73. The first-order chi connectivity index (χ1) is 11.9. The van der Waals surface area contributed by atoms with Crippen LogP contribution in [0.1, 0.15) is 19.4 Å². The normalized spacial score (nSPS) is 19.2. The molecule has 1 saturated heterocycles. The molecule has 1 fully saturated rings. The second kappa shape index (κ2) is 7.18. The lowest BCUT2D eigenvalue weighted by Crippen LogP contribution is -2.48. The molecule has 0 spiro atoms. The molecule has 5 heteroatoms. The van der Waals surface area contributed by atoms with E-state index < -0.39 is 5.60 Å². The number of rotatable bonds is 4. The molecule has 0 radical (unpaired) electrons. The predicted molar refractivity (Wildman–Crippen MR) is 98.6 cm³/mol. The van der Waals surface area contributed by atoms with Crippen molar-refractivity contribution >= 4 is 16.8 Å². The van der Waals surface area contributed by atoms with Gasteiger partial charge in [-0.05, 0) is 49.4 Å². The van der Waals surface area contributed by atoms with Gasteiger partial charge in [-0.15, -0.1) is 0 Å². The highest BCUT2D eigenvalue weighted by Crippen LogP contribution is 2.22. The minimum Gasteiger partial charge on any atom is -0.379 e. The smallest absolute Gasteiger partial charge is 0.254 e. The molecule has 1 aromatic carbocycles. The van der Waals surface area contributed by atoms with Crippen molar-refractivity contribution < 1.29 is 14.3 Å². The fourth-order valence-electron chi connectivity index (χ4n) is 3.45. The number of carbonyl (C=O) groups is 1. The zero-order chi connectivity index (χ0) is 18.0. The minimum absolute atomic E-state index is 0.0315. The van der Waals surface area contributed by atoms with Gasteiger partial charge in [-0.25, -0.2) is 0 Å². The van der Waals surface area contributed by atoms with Crippen LogP contribution in [-0.4, -0.2) is 54.4 Å². The maximum Gasteiger partial charge on any atom is 0.254 e. The van der Waals surface area contributed by atoms with Gasteiger partial charge in [0.2, 0.25) is 0 Å². The Morgan fingerprint density at radius 3 is 2.92 bits per heavy atom. The molecule has 0 unspecified atom stereocenters. The lowest BCUT2D eigenvalue weighted by Gasteiger charge is -2.31. The molecular weight excluding hydrogens is 316 g/mol. The van der Waals surface area contributed by atoms with E-state index in [0.29, 0.717) is 32.2 Å². The first-order valence-corrected chi connectivity index (χ1v) is 8.87. The highest BCUT2D eigenvalue weighted by Gasteiger charge is 2.33. The van der Waals surface area contributed by atoms with Crippen molar-refractivity contribution in [2.75, 3.05) is 33.4 Å². The number of benzene rings is 1. The van der Waals surface area contributed by atoms with Gasteiger partial charge in [0.15, 0.2) is 0 Å². The molecule has 2 heterocycles. The molecule has 0 aliphatic carbocycles. The molecule has 1 aliphatic heterocycles. The van der Waals surface area contributed by atoms with Crippen LogP contribution in [0.3, 0.4) is 0 Å². The van der Waals surface area contributed by atoms with Crippen LogP contribution < -0.4 is 0 Å². The Kier molecular flexibility index (Phi) is 5.16. The van der Waals surface area contributed by atoms with Gasteiger partial charge in [0.25, 0.3) is 5.91 Å². The van der Waals surface area contributed by atoms with Crippen LogP contribution in [0.5, 0.6) is 0 Å². The fourth-order valence-corrected chi connectivity index (χ4v) is 3.45. The zero-order valence-electron chi connectivity index (χ0n) is 15.6. The van der Waals surface area contributed by atoms with Crippen molar-refractivity contribution in [3.63, 3.8) is 0 Å². The van der Waals surface area contributed by atoms with Crippen LogP contribution in [0.15, 0.2) is 30.5 Å². The number of methoxy groups -OCH3 is 1. The summed E-state index contributed by atoms with van der Waals surface area (Å²) in [5, 5.41) is 1.25. The molecule has 1 atom stereocenters. The molecule has 0 N–H and O–H groups in total. The summed E-state index contributed by atoms with van der Waals surface area (Å²) in [5.74, 6) is 0.323. The van der Waals surface area contributed by atoms with Crippen LogP contribution in [0, 0.1) is 5.92 Å². The van der Waals surface area contributed by atoms with Gasteiger partial charge in [-0.1, -0.05) is 6.07 Å². The van der Waals surface area contributed by atoms with E-state index in [2.05, 4.69) is 42.1 Å². The summed E-state index contributed by atoms with van der Waals surface area (Å²) >= 11 is 0. The topological polar surface area (TPSA) is 43.7 Å². The van der Waals surface area contributed by atoms with Crippen LogP contribution in [-0.2, 0) is 27.7 Å². The third kappa shape index (κ3) is 3.88. The van der Waals surface area contributed by atoms with Crippen LogP contribution in [0.2, 0.25) is 0 Å². The van der Waals surface area contributed by atoms with Crippen molar-refractivity contribution in [2.24, 2.45) is 13.0 Å². The molecule has 1 aliphatic rings. The van der Waals surface area contributed by atoms with E-state index in [1.165, 1.54) is 16.5 Å². The fraction of sp³-hybridized carbons (Fsp3) is 0.550. The number of fused-ring (bicyclic) bond motifs is 1. The highest BCUT2D eigenvalue weighted by atomic mass is 16.5. The Balaban J connectivity index is 1.73. The van der Waals surface area contributed by atoms with Crippen molar-refractivity contribution in [3.8, 4) is 0 Å². The minimum atomic E-state index is -0.794. The Morgan fingerprint density at radius 1 is 1.36 bits per heavy atom. The van der Waals surface area contributed by atoms with E-state index >= 15 is 0 Å². The van der Waals surface area contributed by atoms with Crippen molar-refractivity contribution in [3.05, 3.63) is 36.0 Å². The Morgan fingerprint density at radius 2 is 2.16 bits per heavy atom. The van der Waals surface area contributed by atoms with E-state index in [9.17, 15) is 4.79 Å². The second-order valence-electron chi connectivity index (χ2n) is 7.43. The van der Waals surface area contributed by atoms with Crippen molar-refractivity contribution in [2.45, 2.75) is 25.9 Å². The van der Waals surface area contributed by atoms with Crippen LogP contribution in [0.25, 0.3) is 10.9 Å². The molecule has 1 amide bonds. The summed E-state index contributed by atoms with van der Waals surface area (Å²) in [6.07, 6.45) is 2.98. The zero-order valence-corrected chi connectivity index (χ0v) is 15.6. The van der Waals surface area contributed by atoms with Crippen LogP contribution >= 0.6 is 0 Å². The second-order valence-corrected chi connectivity index (χ2v) is 7.43. The number of hydrogen-bond donors (Lipinski definition) is 0. The van der Waals surface area contributed by atoms with Crippen molar-refractivity contribution in [1.82, 2.24) is 9.47 Å². The summed E-state index contributed by atoms with van der Waals surface area (Å²) in [7, 11) is 3.64. The lowest BCUT2D eigenvalue weighted by molar-refractivity contribution is -0.151. The predicted octanol–water partition coefficient (Wildman–Crippen LogP) is 2.62. The van der Waals surface area contributed by atoms with Gasteiger partial charge in [-0.2, -0.15) is 0 Å². The van der Waals surface area contributed by atoms with Gasteiger partial charge in [-0.3, -0.25) is 4.79 Å². The summed E-state index contributed by atoms with van der Waals surface area (Å²) in [4.78, 5) is 14.6. The molecule has 5 nitrogen and oxygen atoms in total. The average molecular weight is 344 g/mol. The van der Waals surface area contributed by atoms with Gasteiger partial charge < -0.3 is 18.9 Å². The van der Waals surface area contributed by atoms with E-state index in [1.807, 2.05) is 18.7 Å². The van der Waals surface area contributed by atoms with Gasteiger partial charge in [0, 0.05) is 44.9 Å². The third-order valence-corrected chi connectivity index (χ3v) is 5.12. The monoisotopic (exact) mass is 344 g/mol. The molecular formula is C20H28N2O3. The average Bonchev–Trinajstić information content (AvgIpc) is 2.81. The lowest BCUT2D eigenvalue weighted by atomic mass is 9.98. The number of aryl methyl sites for hydroxylation is 1. The van der Waals surface area contributed by atoms with E-state index in [1.54, 1.807) is 7.11 Å². The van der Waals surface area contributed by atoms with E-state index in [-0.39, 0.29) is 5.91 Å². The van der Waals surface area contributed by atoms with Crippen molar-refractivity contribution in [1.29, 1.82) is 0 Å². The Bertz CT molecular complexity index is 750. The van der Waals surface area contributed by atoms with Gasteiger partial charge in [0.1, 0.15) is 5.60 Å². The standard InChI is InChI=1S/C20H28N2O3/c1-20(2,24-4)19(23)22-9-10-25-14-16(13-22)11-15-5-6-18-17(12-15)7-8-21(18)3/h5-8,12,16H,9-11,13-14H2,1-4H3/t16-/m1/s1. The Hall–Kier alpha value is -1.85. The third-order valence-electron chi connectivity index (χ3n) is 5.12.